The van der Waals surface area contributed by atoms with Crippen molar-refractivity contribution in [3.8, 4) is 22.5 Å². The predicted molar refractivity (Wildman–Crippen MR) is 163 cm³/mol. The Bertz CT molecular complexity index is 1530. The van der Waals surface area contributed by atoms with Gasteiger partial charge in [0.15, 0.2) is 5.78 Å². The molecule has 1 aromatic heterocycles. The minimum Gasteiger partial charge on any atom is -0.478 e. The van der Waals surface area contributed by atoms with E-state index in [0.717, 1.165) is 11.5 Å². The van der Waals surface area contributed by atoms with Crippen LogP contribution in [0.15, 0.2) is 83.5 Å². The van der Waals surface area contributed by atoms with Gasteiger partial charge in [0.25, 0.3) is 5.91 Å². The molecule has 0 aliphatic rings. The lowest BCUT2D eigenvalue weighted by molar-refractivity contribution is 0.0697. The molecule has 0 saturated carbocycles. The number of carboxylic acid groups (broad SMARTS) is 1. The van der Waals surface area contributed by atoms with Gasteiger partial charge in [0.05, 0.1) is 11.8 Å². The highest BCUT2D eigenvalue weighted by atomic mass is 16.4. The molecule has 212 valence electrons. The lowest BCUT2D eigenvalue weighted by Gasteiger charge is -2.15. The maximum atomic E-state index is 13.4. The largest absolute Gasteiger partial charge is 0.478 e. The summed E-state index contributed by atoms with van der Waals surface area (Å²) in [6.45, 7) is 9.78. The van der Waals surface area contributed by atoms with Gasteiger partial charge in [0, 0.05) is 28.1 Å². The molecule has 0 saturated heterocycles. The standard InChI is InChI=1S/C28H22N2O5.C6H14/c1-16(29)18-5-9-21(10-6-18)30-27(32)24-15-20(26-4-3-13-35-26)8-12-22(24)23-11-7-19(17(2)31)14-25(23)28(33)34;1-4-6(3)5-2/h3-15,29H,1-2H3,(H,30,32)(H,33,34);6H,4-5H2,1-3H3. The van der Waals surface area contributed by atoms with Crippen molar-refractivity contribution >= 4 is 29.1 Å². The van der Waals surface area contributed by atoms with E-state index in [0.29, 0.717) is 33.8 Å². The van der Waals surface area contributed by atoms with Crippen molar-refractivity contribution in [1.82, 2.24) is 0 Å². The molecule has 3 aromatic carbocycles. The van der Waals surface area contributed by atoms with Crippen LogP contribution in [0.1, 0.15) is 84.1 Å². The summed E-state index contributed by atoms with van der Waals surface area (Å²) in [4.78, 5) is 37.3. The molecular formula is C34H36N2O5. The maximum absolute atomic E-state index is 13.4. The molecule has 0 radical (unpaired) electrons. The van der Waals surface area contributed by atoms with Crippen molar-refractivity contribution in [2.75, 3.05) is 5.32 Å². The van der Waals surface area contributed by atoms with E-state index >= 15 is 0 Å². The first-order valence-corrected chi connectivity index (χ1v) is 13.6. The van der Waals surface area contributed by atoms with Gasteiger partial charge in [-0.3, -0.25) is 9.59 Å². The molecule has 0 bridgehead atoms. The molecule has 0 atom stereocenters. The Morgan fingerprint density at radius 3 is 1.98 bits per heavy atom. The van der Waals surface area contributed by atoms with E-state index in [9.17, 15) is 19.5 Å². The highest BCUT2D eigenvalue weighted by Gasteiger charge is 2.21. The average molecular weight is 553 g/mol. The number of rotatable bonds is 9. The molecule has 7 heteroatoms. The lowest BCUT2D eigenvalue weighted by Crippen LogP contribution is -2.14. The van der Waals surface area contributed by atoms with Crippen molar-refractivity contribution in [2.45, 2.75) is 47.5 Å². The van der Waals surface area contributed by atoms with Crippen LogP contribution >= 0.6 is 0 Å². The molecule has 0 aliphatic carbocycles. The Kier molecular flexibility index (Phi) is 10.5. The van der Waals surface area contributed by atoms with Crippen LogP contribution in [0.25, 0.3) is 22.5 Å². The zero-order valence-corrected chi connectivity index (χ0v) is 24.1. The minimum absolute atomic E-state index is 0.0803. The van der Waals surface area contributed by atoms with Gasteiger partial charge in [-0.25, -0.2) is 4.79 Å². The number of anilines is 1. The zero-order valence-electron chi connectivity index (χ0n) is 24.1. The molecular weight excluding hydrogens is 516 g/mol. The number of nitrogens with one attached hydrogen (secondary N) is 2. The smallest absolute Gasteiger partial charge is 0.336 e. The van der Waals surface area contributed by atoms with E-state index in [1.807, 2.05) is 0 Å². The van der Waals surface area contributed by atoms with E-state index in [4.69, 9.17) is 9.83 Å². The van der Waals surface area contributed by atoms with Gasteiger partial charge in [-0.2, -0.15) is 0 Å². The Hall–Kier alpha value is -4.78. The number of hydrogen-bond acceptors (Lipinski definition) is 5. The summed E-state index contributed by atoms with van der Waals surface area (Å²) < 4.78 is 5.47. The van der Waals surface area contributed by atoms with Gasteiger partial charge in [-0.15, -0.1) is 0 Å². The van der Waals surface area contributed by atoms with Gasteiger partial charge < -0.3 is 20.2 Å². The molecule has 4 aromatic rings. The molecule has 1 heterocycles. The van der Waals surface area contributed by atoms with Crippen molar-refractivity contribution in [3.63, 3.8) is 0 Å². The van der Waals surface area contributed by atoms with Crippen molar-refractivity contribution in [3.05, 3.63) is 101 Å². The van der Waals surface area contributed by atoms with Gasteiger partial charge >= 0.3 is 5.97 Å². The van der Waals surface area contributed by atoms with Crippen molar-refractivity contribution in [2.24, 2.45) is 5.92 Å². The molecule has 3 N–H and O–H groups in total. The van der Waals surface area contributed by atoms with Gasteiger partial charge in [0.2, 0.25) is 0 Å². The fourth-order valence-corrected chi connectivity index (χ4v) is 4.03. The van der Waals surface area contributed by atoms with E-state index in [-0.39, 0.29) is 22.5 Å². The second-order valence-corrected chi connectivity index (χ2v) is 9.94. The first-order valence-electron chi connectivity index (χ1n) is 13.6. The molecule has 7 nitrogen and oxygen atoms in total. The second kappa shape index (κ2) is 14.0. The van der Waals surface area contributed by atoms with Crippen LogP contribution in [0, 0.1) is 11.3 Å². The second-order valence-electron chi connectivity index (χ2n) is 9.94. The van der Waals surface area contributed by atoms with Crippen molar-refractivity contribution < 1.29 is 23.9 Å². The molecule has 0 unspecified atom stereocenters. The Balaban J connectivity index is 0.000000696. The summed E-state index contributed by atoms with van der Waals surface area (Å²) in [6.07, 6.45) is 4.19. The number of aromatic carboxylic acids is 1. The molecule has 0 spiro atoms. The van der Waals surface area contributed by atoms with Crippen LogP contribution in [-0.4, -0.2) is 28.5 Å². The third kappa shape index (κ3) is 7.88. The summed E-state index contributed by atoms with van der Waals surface area (Å²) in [6, 6.07) is 19.8. The molecule has 4 rings (SSSR count). The predicted octanol–water partition coefficient (Wildman–Crippen LogP) is 8.60. The topological polar surface area (TPSA) is 120 Å². The summed E-state index contributed by atoms with van der Waals surface area (Å²) in [5, 5.41) is 20.4. The SMILES string of the molecule is CC(=N)c1ccc(NC(=O)c2cc(-c3ccco3)ccc2-c2ccc(C(C)=O)cc2C(=O)O)cc1.CCC(C)CC. The van der Waals surface area contributed by atoms with E-state index < -0.39 is 11.9 Å². The summed E-state index contributed by atoms with van der Waals surface area (Å²) in [7, 11) is 0. The number of ketones is 1. The van der Waals surface area contributed by atoms with Crippen LogP contribution in [-0.2, 0) is 0 Å². The van der Waals surface area contributed by atoms with Gasteiger partial charge in [-0.1, -0.05) is 70.0 Å². The summed E-state index contributed by atoms with van der Waals surface area (Å²) in [5.74, 6) is -0.414. The number of amides is 1. The molecule has 1 amide bonds. The fraction of sp³-hybridized carbons (Fsp3) is 0.235. The van der Waals surface area contributed by atoms with Crippen molar-refractivity contribution in [1.29, 1.82) is 5.41 Å². The number of carbonyl (C=O) groups excluding carboxylic acids is 2. The Morgan fingerprint density at radius 1 is 0.854 bits per heavy atom. The summed E-state index contributed by atoms with van der Waals surface area (Å²) >= 11 is 0. The van der Waals surface area contributed by atoms with E-state index in [2.05, 4.69) is 26.1 Å². The van der Waals surface area contributed by atoms with E-state index in [1.165, 1.54) is 32.1 Å². The Labute approximate surface area is 240 Å². The third-order valence-corrected chi connectivity index (χ3v) is 6.99. The molecule has 41 heavy (non-hydrogen) atoms. The third-order valence-electron chi connectivity index (χ3n) is 6.99. The fourth-order valence-electron chi connectivity index (χ4n) is 4.03. The normalized spacial score (nSPS) is 10.5. The van der Waals surface area contributed by atoms with Gasteiger partial charge in [-0.05, 0) is 72.9 Å². The number of benzene rings is 3. The zero-order chi connectivity index (χ0) is 30.1. The van der Waals surface area contributed by atoms with Crippen LogP contribution in [0.3, 0.4) is 0 Å². The lowest BCUT2D eigenvalue weighted by atomic mass is 9.91. The van der Waals surface area contributed by atoms with Crippen LogP contribution in [0.2, 0.25) is 0 Å². The molecule has 0 fully saturated rings. The number of carboxylic acids is 1. The monoisotopic (exact) mass is 552 g/mol. The van der Waals surface area contributed by atoms with Crippen LogP contribution < -0.4 is 5.32 Å². The van der Waals surface area contributed by atoms with Crippen LogP contribution in [0.5, 0.6) is 0 Å². The number of hydrogen-bond donors (Lipinski definition) is 3. The minimum atomic E-state index is -1.21. The van der Waals surface area contributed by atoms with Crippen LogP contribution in [0.4, 0.5) is 5.69 Å². The highest BCUT2D eigenvalue weighted by molar-refractivity contribution is 6.11. The number of furan rings is 1. The summed E-state index contributed by atoms with van der Waals surface area (Å²) in [5.41, 5.74) is 3.46. The highest BCUT2D eigenvalue weighted by Crippen LogP contribution is 2.33. The number of carbonyl (C=O) groups is 3. The number of Topliss-reactive ketones (excluding diaryl/α,β-unsaturated/α-hetero) is 1. The Morgan fingerprint density at radius 2 is 1.46 bits per heavy atom. The van der Waals surface area contributed by atoms with E-state index in [1.54, 1.807) is 73.7 Å². The quantitative estimate of drug-likeness (QED) is 0.142. The maximum Gasteiger partial charge on any atom is 0.336 e. The first kappa shape index (κ1) is 30.8. The van der Waals surface area contributed by atoms with Gasteiger partial charge in [0.1, 0.15) is 5.76 Å². The first-order chi connectivity index (χ1) is 19.5. The molecule has 0 aliphatic heterocycles. The average Bonchev–Trinajstić information content (AvgIpc) is 3.52.